The number of hydrogen-bond donors (Lipinski definition) is 6. The number of aromatic nitrogens is 4. The van der Waals surface area contributed by atoms with Gasteiger partial charge in [-0.15, -0.1) is 22.1 Å². The van der Waals surface area contributed by atoms with Gasteiger partial charge in [-0.25, -0.2) is 0 Å². The predicted molar refractivity (Wildman–Crippen MR) is 216 cm³/mol. The third kappa shape index (κ3) is 10.1. The number of methoxy groups -OCH3 is 1. The van der Waals surface area contributed by atoms with Crippen LogP contribution in [0.3, 0.4) is 0 Å². The number of hydrogen-bond acceptors (Lipinski definition) is 11. The van der Waals surface area contributed by atoms with Crippen LogP contribution in [-0.4, -0.2) is 96.3 Å². The van der Waals surface area contributed by atoms with Crippen LogP contribution < -0.4 is 31.7 Å². The maximum atomic E-state index is 14.1. The minimum absolute atomic E-state index is 0. The van der Waals surface area contributed by atoms with E-state index in [1.807, 2.05) is 32.0 Å². The first kappa shape index (κ1) is 46.4. The van der Waals surface area contributed by atoms with Gasteiger partial charge in [0, 0.05) is 96.7 Å². The summed E-state index contributed by atoms with van der Waals surface area (Å²) in [5.41, 5.74) is 12.2. The predicted octanol–water partition coefficient (Wildman–Crippen LogP) is 2.82. The van der Waals surface area contributed by atoms with Gasteiger partial charge < -0.3 is 46.6 Å². The van der Waals surface area contributed by atoms with Gasteiger partial charge in [-0.3, -0.25) is 29.1 Å². The number of nitrogens with one attached hydrogen (secondary N) is 3. The fourth-order valence-electron chi connectivity index (χ4n) is 7.94. The van der Waals surface area contributed by atoms with E-state index in [-0.39, 0.29) is 80.3 Å². The number of Topliss-reactive ketones (excluding diaryl/α,β-unsaturated/α-hetero) is 1. The molecule has 0 fully saturated rings. The quantitative estimate of drug-likeness (QED) is 0.0527. The van der Waals surface area contributed by atoms with Crippen LogP contribution in [0, 0.1) is 13.8 Å². The van der Waals surface area contributed by atoms with Crippen LogP contribution in [0.2, 0.25) is 0 Å². The topological polar surface area (TPSA) is 234 Å². The molecule has 1 unspecified atom stereocenters. The summed E-state index contributed by atoms with van der Waals surface area (Å²) in [5, 5.41) is 28.4. The molecule has 5 atom stereocenters. The maximum absolute atomic E-state index is 14.1. The number of carbonyl (C=O) groups is 4. The number of amides is 2. The summed E-state index contributed by atoms with van der Waals surface area (Å²) >= 11 is 0. The minimum atomic E-state index is -1.19. The Labute approximate surface area is 352 Å². The van der Waals surface area contributed by atoms with Crippen LogP contribution in [0.1, 0.15) is 131 Å². The van der Waals surface area contributed by atoms with Crippen molar-refractivity contribution in [3.8, 4) is 0 Å². The second kappa shape index (κ2) is 20.6. The molecule has 8 bridgehead atoms. The average Bonchev–Trinajstić information content (AvgIpc) is 3.87. The van der Waals surface area contributed by atoms with E-state index in [1.165, 1.54) is 14.0 Å². The molecule has 0 aliphatic carbocycles. The van der Waals surface area contributed by atoms with Gasteiger partial charge in [-0.2, -0.15) is 0 Å². The zero-order valence-electron chi connectivity index (χ0n) is 34.3. The molecule has 2 aliphatic heterocycles. The standard InChI is InChI=1S/C42H58N8O7.Pd/c1-8-27-21(2)30-18-35-38(25(6)52)23(4)32(48-35)16-31-22(3)28(9-10-36(54)45-14-13-44-12-11-43)40(49-31)29(15-37(55)57-7)41-39(42(56)46-19-26(53)20-51)24(5)33(50-41)17-34(27)47-30;/h16-18,21-22,26-28,44,51,53H,8-15,19-20,43H2,1-7H3,(H4,45,46,47,48,49,50,52,54,56);/q;+2/p-2/t21-,22+,26?,27-,28+;/m1./s1. The van der Waals surface area contributed by atoms with Crippen LogP contribution in [0.5, 0.6) is 0 Å². The van der Waals surface area contributed by atoms with E-state index in [2.05, 4.69) is 29.8 Å². The summed E-state index contributed by atoms with van der Waals surface area (Å²) in [4.78, 5) is 73.9. The first-order valence-corrected chi connectivity index (χ1v) is 19.7. The fourth-order valence-corrected chi connectivity index (χ4v) is 7.94. The zero-order chi connectivity index (χ0) is 41.6. The number of ether oxygens (including phenoxy) is 1. The molecule has 0 saturated carbocycles. The Morgan fingerprint density at radius 3 is 2.19 bits per heavy atom. The van der Waals surface area contributed by atoms with Crippen molar-refractivity contribution in [2.24, 2.45) is 5.73 Å². The SMILES string of the molecule is CC[C@H]1c2cc3[n-]c(c(CC(=O)OC)c4nc(cc5[n-]c(cc(n2)[C@@H]1C)c(C(C)=O)c5C)[C@@H](C)[C@@H]4CCC(=O)NCCNCCN)c(C(=O)NCC(O)CO)c3C.[Pd+2]. The second-order valence-electron chi connectivity index (χ2n) is 15.0. The van der Waals surface area contributed by atoms with Crippen LogP contribution in [0.25, 0.3) is 22.1 Å². The smallest absolute Gasteiger partial charge is 0.657 e. The molecule has 2 amide bonds. The number of nitrogens with two attached hydrogens (primary N) is 1. The fraction of sp³-hybridized carbons (Fsp3) is 0.524. The van der Waals surface area contributed by atoms with E-state index in [0.717, 1.165) is 17.8 Å². The third-order valence-electron chi connectivity index (χ3n) is 11.2. The maximum Gasteiger partial charge on any atom is 2.00 e. The van der Waals surface area contributed by atoms with Crippen molar-refractivity contribution in [1.82, 2.24) is 35.9 Å². The minimum Gasteiger partial charge on any atom is -0.657 e. The average molecular weight is 891 g/mol. The summed E-state index contributed by atoms with van der Waals surface area (Å²) in [6.07, 6.45) is -0.219. The second-order valence-corrected chi connectivity index (χ2v) is 15.0. The third-order valence-corrected chi connectivity index (χ3v) is 11.2. The Hall–Kier alpha value is -4.30. The Bertz CT molecular complexity index is 2170. The number of ketones is 1. The molecule has 5 heterocycles. The van der Waals surface area contributed by atoms with Crippen molar-refractivity contribution in [2.45, 2.75) is 97.0 Å². The van der Waals surface area contributed by atoms with E-state index < -0.39 is 30.5 Å². The molecule has 16 heteroatoms. The molecular formula is C42H56N8O7Pd. The van der Waals surface area contributed by atoms with Crippen molar-refractivity contribution >= 4 is 45.6 Å². The van der Waals surface area contributed by atoms with Crippen LogP contribution >= 0.6 is 0 Å². The molecule has 58 heavy (non-hydrogen) atoms. The number of aliphatic hydroxyl groups excluding tert-OH is 2. The molecule has 2 aliphatic rings. The van der Waals surface area contributed by atoms with Crippen molar-refractivity contribution < 1.29 is 54.6 Å². The molecule has 0 spiro atoms. The van der Waals surface area contributed by atoms with Gasteiger partial charge in [0.05, 0.1) is 26.2 Å². The Balaban J connectivity index is 0.00000744. The first-order valence-electron chi connectivity index (χ1n) is 19.7. The van der Waals surface area contributed by atoms with Gasteiger partial charge in [-0.1, -0.05) is 50.1 Å². The molecular weight excluding hydrogens is 835 g/mol. The molecule has 0 aromatic carbocycles. The van der Waals surface area contributed by atoms with Crippen LogP contribution in [-0.2, 0) is 41.2 Å². The number of carbonyl (C=O) groups excluding carboxylic acids is 4. The summed E-state index contributed by atoms with van der Waals surface area (Å²) in [6, 6.07) is 5.60. The largest absolute Gasteiger partial charge is 2.00 e. The number of fused-ring (bicyclic) bond motifs is 8. The van der Waals surface area contributed by atoms with Gasteiger partial charge in [0.2, 0.25) is 11.8 Å². The van der Waals surface area contributed by atoms with E-state index in [9.17, 15) is 29.4 Å². The molecule has 0 saturated heterocycles. The van der Waals surface area contributed by atoms with E-state index in [0.29, 0.717) is 82.8 Å². The van der Waals surface area contributed by atoms with Crippen LogP contribution in [0.15, 0.2) is 18.2 Å². The number of aryl methyl sites for hydroxylation is 2. The monoisotopic (exact) mass is 890 g/mol. The molecule has 0 radical (unpaired) electrons. The molecule has 3 aromatic rings. The first-order chi connectivity index (χ1) is 27.2. The molecule has 316 valence electrons. The Kier molecular flexibility index (Phi) is 16.5. The summed E-state index contributed by atoms with van der Waals surface area (Å²) in [6.45, 7) is 12.7. The molecule has 7 N–H and O–H groups in total. The number of rotatable bonds is 16. The van der Waals surface area contributed by atoms with Crippen LogP contribution in [0.4, 0.5) is 0 Å². The van der Waals surface area contributed by atoms with E-state index >= 15 is 0 Å². The van der Waals surface area contributed by atoms with Gasteiger partial charge in [0.15, 0.2) is 5.78 Å². The molecule has 5 rings (SSSR count). The van der Waals surface area contributed by atoms with Gasteiger partial charge >= 0.3 is 26.4 Å². The number of aliphatic hydroxyl groups is 2. The van der Waals surface area contributed by atoms with Gasteiger partial charge in [0.25, 0.3) is 0 Å². The van der Waals surface area contributed by atoms with Crippen molar-refractivity contribution in [1.29, 1.82) is 0 Å². The van der Waals surface area contributed by atoms with E-state index in [1.54, 1.807) is 6.92 Å². The molecule has 15 nitrogen and oxygen atoms in total. The summed E-state index contributed by atoms with van der Waals surface area (Å²) < 4.78 is 5.18. The number of nitrogens with zero attached hydrogens (tertiary/aromatic N) is 4. The zero-order valence-corrected chi connectivity index (χ0v) is 35.9. The Morgan fingerprint density at radius 1 is 0.897 bits per heavy atom. The van der Waals surface area contributed by atoms with Gasteiger partial charge in [0.1, 0.15) is 0 Å². The number of esters is 1. The normalized spacial score (nSPS) is 18.0. The Morgan fingerprint density at radius 2 is 1.53 bits per heavy atom. The van der Waals surface area contributed by atoms with Crippen molar-refractivity contribution in [2.75, 3.05) is 46.4 Å². The summed E-state index contributed by atoms with van der Waals surface area (Å²) in [7, 11) is 1.28. The van der Waals surface area contributed by atoms with Gasteiger partial charge in [-0.05, 0) is 39.2 Å². The molecule has 3 aromatic heterocycles. The summed E-state index contributed by atoms with van der Waals surface area (Å²) in [5.74, 6) is -2.13. The van der Waals surface area contributed by atoms with E-state index in [4.69, 9.17) is 30.4 Å². The van der Waals surface area contributed by atoms with Crippen molar-refractivity contribution in [3.05, 3.63) is 68.8 Å². The van der Waals surface area contributed by atoms with Crippen molar-refractivity contribution in [3.63, 3.8) is 0 Å².